The molecule has 2 rings (SSSR count). The van der Waals surface area contributed by atoms with Crippen molar-refractivity contribution in [2.24, 2.45) is 0 Å². The molecular weight excluding hydrogens is 236 g/mol. The molecule has 2 atom stereocenters. The lowest BCUT2D eigenvalue weighted by molar-refractivity contribution is 0.683. The minimum atomic E-state index is -0.819. The van der Waals surface area contributed by atoms with Gasteiger partial charge in [-0.05, 0) is 19.1 Å². The summed E-state index contributed by atoms with van der Waals surface area (Å²) in [5, 5.41) is 11.1. The molecule has 2 unspecified atom stereocenters. The number of hydrogen-bond acceptors (Lipinski definition) is 4. The van der Waals surface area contributed by atoms with Gasteiger partial charge in [0.1, 0.15) is 0 Å². The smallest absolute Gasteiger partial charge is 0.0672 e. The van der Waals surface area contributed by atoms with E-state index >= 15 is 0 Å². The molecule has 0 radical (unpaired) electrons. The fraction of sp³-hybridized carbons (Fsp3) is 0.364. The molecule has 0 saturated heterocycles. The highest BCUT2D eigenvalue weighted by Gasteiger charge is 2.08. The molecule has 0 saturated carbocycles. The molecule has 0 bridgehead atoms. The largest absolute Gasteiger partial charge is 0.397 e. The maximum Gasteiger partial charge on any atom is 0.0672 e. The first-order valence-corrected chi connectivity index (χ1v) is 7.08. The van der Waals surface area contributed by atoms with Crippen LogP contribution in [0.1, 0.15) is 6.92 Å². The molecule has 0 aliphatic heterocycles. The second-order valence-corrected chi connectivity index (χ2v) is 5.66. The van der Waals surface area contributed by atoms with Crippen molar-refractivity contribution in [3.8, 4) is 0 Å². The van der Waals surface area contributed by atoms with E-state index in [2.05, 4.69) is 15.5 Å². The van der Waals surface area contributed by atoms with E-state index < -0.39 is 10.8 Å². The van der Waals surface area contributed by atoms with Gasteiger partial charge in [-0.1, -0.05) is 0 Å². The highest BCUT2D eigenvalue weighted by atomic mass is 32.2. The lowest BCUT2D eigenvalue weighted by Gasteiger charge is -2.15. The Hall–Kier alpha value is -1.56. The number of fused-ring (bicyclic) bond motifs is 1. The topological polar surface area (TPSA) is 83.8 Å². The van der Waals surface area contributed by atoms with Crippen molar-refractivity contribution in [2.75, 3.05) is 23.1 Å². The number of rotatable bonds is 4. The van der Waals surface area contributed by atoms with Crippen molar-refractivity contribution in [3.05, 3.63) is 18.3 Å². The number of anilines is 2. The van der Waals surface area contributed by atoms with Crippen LogP contribution in [0.15, 0.2) is 18.3 Å². The molecule has 1 heterocycles. The van der Waals surface area contributed by atoms with E-state index in [0.717, 1.165) is 16.6 Å². The summed E-state index contributed by atoms with van der Waals surface area (Å²) < 4.78 is 11.1. The summed E-state index contributed by atoms with van der Waals surface area (Å²) in [5.74, 6) is 0.598. The first-order valence-electron chi connectivity index (χ1n) is 5.35. The Morgan fingerprint density at radius 3 is 3.06 bits per heavy atom. The van der Waals surface area contributed by atoms with Crippen LogP contribution in [-0.4, -0.2) is 32.5 Å². The Labute approximate surface area is 102 Å². The monoisotopic (exact) mass is 252 g/mol. The molecule has 0 spiro atoms. The zero-order valence-electron chi connectivity index (χ0n) is 9.86. The standard InChI is InChI=1S/C11H16N4OS/c1-7(6-17(2)16)14-11-4-10-8(3-9(11)12)5-13-15-10/h3-5,7,14H,6,12H2,1-2H3,(H,13,15). The van der Waals surface area contributed by atoms with Crippen molar-refractivity contribution in [1.82, 2.24) is 10.2 Å². The predicted octanol–water partition coefficient (Wildman–Crippen LogP) is 1.32. The van der Waals surface area contributed by atoms with Crippen LogP contribution in [-0.2, 0) is 10.8 Å². The Morgan fingerprint density at radius 2 is 2.35 bits per heavy atom. The average molecular weight is 252 g/mol. The number of H-pyrrole nitrogens is 1. The summed E-state index contributed by atoms with van der Waals surface area (Å²) in [6, 6.07) is 3.91. The summed E-state index contributed by atoms with van der Waals surface area (Å²) in [5.41, 5.74) is 8.40. The fourth-order valence-corrected chi connectivity index (χ4v) is 2.58. The molecule has 92 valence electrons. The minimum absolute atomic E-state index is 0.114. The zero-order chi connectivity index (χ0) is 12.4. The number of nitrogen functional groups attached to an aromatic ring is 1. The van der Waals surface area contributed by atoms with E-state index in [1.54, 1.807) is 12.5 Å². The Kier molecular flexibility index (Phi) is 3.33. The van der Waals surface area contributed by atoms with Crippen molar-refractivity contribution < 1.29 is 4.21 Å². The second kappa shape index (κ2) is 4.75. The van der Waals surface area contributed by atoms with E-state index in [9.17, 15) is 4.21 Å². The molecule has 5 nitrogen and oxygen atoms in total. The number of nitrogens with two attached hydrogens (primary N) is 1. The summed E-state index contributed by atoms with van der Waals surface area (Å²) in [7, 11) is -0.819. The van der Waals surface area contributed by atoms with Gasteiger partial charge in [-0.15, -0.1) is 0 Å². The number of hydrogen-bond donors (Lipinski definition) is 3. The van der Waals surface area contributed by atoms with Crippen LogP contribution in [0, 0.1) is 0 Å². The summed E-state index contributed by atoms with van der Waals surface area (Å²) in [4.78, 5) is 0. The van der Waals surface area contributed by atoms with Gasteiger partial charge in [-0.2, -0.15) is 5.10 Å². The molecule has 4 N–H and O–H groups in total. The van der Waals surface area contributed by atoms with Crippen LogP contribution in [0.5, 0.6) is 0 Å². The molecule has 2 aromatic rings. The van der Waals surface area contributed by atoms with Gasteiger partial charge >= 0.3 is 0 Å². The van der Waals surface area contributed by atoms with Crippen LogP contribution in [0.3, 0.4) is 0 Å². The molecule has 1 aromatic heterocycles. The number of nitrogens with zero attached hydrogens (tertiary/aromatic N) is 1. The van der Waals surface area contributed by atoms with Gasteiger partial charge in [0.15, 0.2) is 0 Å². The lowest BCUT2D eigenvalue weighted by atomic mass is 10.2. The summed E-state index contributed by atoms with van der Waals surface area (Å²) >= 11 is 0. The van der Waals surface area contributed by atoms with Crippen molar-refractivity contribution in [2.45, 2.75) is 13.0 Å². The molecule has 0 aliphatic rings. The van der Waals surface area contributed by atoms with Crippen LogP contribution in [0.4, 0.5) is 11.4 Å². The molecular formula is C11H16N4OS. The van der Waals surface area contributed by atoms with E-state index in [-0.39, 0.29) is 6.04 Å². The van der Waals surface area contributed by atoms with Crippen molar-refractivity contribution >= 4 is 33.1 Å². The quantitative estimate of drug-likeness (QED) is 0.717. The summed E-state index contributed by atoms with van der Waals surface area (Å²) in [6.07, 6.45) is 3.43. The van der Waals surface area contributed by atoms with Gasteiger partial charge < -0.3 is 11.1 Å². The summed E-state index contributed by atoms with van der Waals surface area (Å²) in [6.45, 7) is 1.98. The predicted molar refractivity (Wildman–Crippen MR) is 72.5 cm³/mol. The molecule has 0 fully saturated rings. The van der Waals surface area contributed by atoms with E-state index in [0.29, 0.717) is 11.4 Å². The Balaban J connectivity index is 2.22. The number of nitrogens with one attached hydrogen (secondary N) is 2. The maximum absolute atomic E-state index is 11.1. The van der Waals surface area contributed by atoms with Gasteiger partial charge in [0.25, 0.3) is 0 Å². The van der Waals surface area contributed by atoms with Gasteiger partial charge in [0.2, 0.25) is 0 Å². The van der Waals surface area contributed by atoms with E-state index in [1.165, 1.54) is 0 Å². The molecule has 17 heavy (non-hydrogen) atoms. The van der Waals surface area contributed by atoms with Gasteiger partial charge in [-0.25, -0.2) is 0 Å². The Morgan fingerprint density at radius 1 is 1.59 bits per heavy atom. The maximum atomic E-state index is 11.1. The van der Waals surface area contributed by atoms with E-state index in [1.807, 2.05) is 19.1 Å². The molecule has 0 amide bonds. The highest BCUT2D eigenvalue weighted by Crippen LogP contribution is 2.25. The molecule has 1 aromatic carbocycles. The van der Waals surface area contributed by atoms with Crippen LogP contribution in [0.2, 0.25) is 0 Å². The Bertz CT molecular complexity index is 551. The normalized spacial score (nSPS) is 14.7. The van der Waals surface area contributed by atoms with Crippen LogP contribution >= 0.6 is 0 Å². The highest BCUT2D eigenvalue weighted by molar-refractivity contribution is 7.84. The third-order valence-corrected chi connectivity index (χ3v) is 3.47. The van der Waals surface area contributed by atoms with Crippen molar-refractivity contribution in [1.29, 1.82) is 0 Å². The third-order valence-electron chi connectivity index (χ3n) is 2.50. The van der Waals surface area contributed by atoms with Crippen molar-refractivity contribution in [3.63, 3.8) is 0 Å². The zero-order valence-corrected chi connectivity index (χ0v) is 10.7. The van der Waals surface area contributed by atoms with Crippen LogP contribution < -0.4 is 11.1 Å². The molecule has 0 aliphatic carbocycles. The number of benzene rings is 1. The first kappa shape index (κ1) is 11.9. The first-order chi connectivity index (χ1) is 8.06. The molecule has 6 heteroatoms. The lowest BCUT2D eigenvalue weighted by Crippen LogP contribution is -2.22. The van der Waals surface area contributed by atoms with Gasteiger partial charge in [-0.3, -0.25) is 9.31 Å². The number of aromatic nitrogens is 2. The fourth-order valence-electron chi connectivity index (χ4n) is 1.79. The average Bonchev–Trinajstić information content (AvgIpc) is 2.63. The van der Waals surface area contributed by atoms with Crippen LogP contribution in [0.25, 0.3) is 10.9 Å². The van der Waals surface area contributed by atoms with Gasteiger partial charge in [0, 0.05) is 34.2 Å². The van der Waals surface area contributed by atoms with E-state index in [4.69, 9.17) is 5.73 Å². The SMILES string of the molecule is CC(CS(C)=O)Nc1cc2[nH]ncc2cc1N. The van der Waals surface area contributed by atoms with Gasteiger partial charge in [0.05, 0.1) is 23.1 Å². The second-order valence-electron chi connectivity index (χ2n) is 4.18. The third kappa shape index (κ3) is 2.76. The number of aromatic amines is 1. The minimum Gasteiger partial charge on any atom is -0.397 e.